The molecule has 4 heteroatoms. The van der Waals surface area contributed by atoms with Gasteiger partial charge in [-0.3, -0.25) is 0 Å². The van der Waals surface area contributed by atoms with Gasteiger partial charge in [-0.2, -0.15) is 4.98 Å². The Balaban J connectivity index is 1.88. The van der Waals surface area contributed by atoms with Crippen molar-refractivity contribution >= 4 is 10.8 Å². The van der Waals surface area contributed by atoms with Gasteiger partial charge in [0.25, 0.3) is 0 Å². The van der Waals surface area contributed by atoms with Gasteiger partial charge in [-0.25, -0.2) is 0 Å². The molecule has 0 aliphatic rings. The summed E-state index contributed by atoms with van der Waals surface area (Å²) in [6.07, 6.45) is 1.07. The highest BCUT2D eigenvalue weighted by Gasteiger charge is 2.11. The molecule has 1 heterocycles. The highest BCUT2D eigenvalue weighted by Crippen LogP contribution is 2.26. The lowest BCUT2D eigenvalue weighted by Gasteiger charge is -2.07. The van der Waals surface area contributed by atoms with Gasteiger partial charge in [-0.1, -0.05) is 54.5 Å². The van der Waals surface area contributed by atoms with E-state index in [2.05, 4.69) is 47.5 Å². The zero-order valence-electron chi connectivity index (χ0n) is 12.3. The van der Waals surface area contributed by atoms with Crippen LogP contribution >= 0.6 is 0 Å². The predicted octanol–water partition coefficient (Wildman–Crippen LogP) is 3.78. The molecule has 2 aromatic carbocycles. The molecule has 1 aromatic heterocycles. The van der Waals surface area contributed by atoms with Crippen LogP contribution in [0.1, 0.15) is 26.2 Å². The molecule has 1 N–H and O–H groups in total. The summed E-state index contributed by atoms with van der Waals surface area (Å²) in [6.45, 7) is 4.89. The summed E-state index contributed by atoms with van der Waals surface area (Å²) in [5, 5.41) is 9.79. The lowest BCUT2D eigenvalue weighted by molar-refractivity contribution is 0.358. The summed E-state index contributed by atoms with van der Waals surface area (Å²) in [5.74, 6) is 1.27. The van der Waals surface area contributed by atoms with E-state index < -0.39 is 0 Å². The first-order valence-electron chi connectivity index (χ1n) is 7.32. The van der Waals surface area contributed by atoms with Gasteiger partial charge in [0.05, 0.1) is 6.54 Å². The van der Waals surface area contributed by atoms with E-state index in [1.54, 1.807) is 0 Å². The molecule has 108 valence electrons. The molecule has 3 rings (SSSR count). The molecule has 0 aliphatic heterocycles. The number of benzene rings is 2. The van der Waals surface area contributed by atoms with Crippen LogP contribution in [0.3, 0.4) is 0 Å². The van der Waals surface area contributed by atoms with Gasteiger partial charge in [0, 0.05) is 11.6 Å². The van der Waals surface area contributed by atoms with Crippen molar-refractivity contribution in [3.05, 3.63) is 48.4 Å². The average Bonchev–Trinajstić information content (AvgIpc) is 3.00. The molecule has 0 radical (unpaired) electrons. The molecule has 0 spiro atoms. The van der Waals surface area contributed by atoms with Crippen LogP contribution in [-0.2, 0) is 6.54 Å². The standard InChI is InChI=1S/C17H19N3O/c1-3-12(2)18-11-16-19-17(20-21-16)15-10-6-8-13-7-4-5-9-14(13)15/h4-10,12,18H,3,11H2,1-2H3. The van der Waals surface area contributed by atoms with Crippen LogP contribution in [0.2, 0.25) is 0 Å². The second-order valence-electron chi connectivity index (χ2n) is 5.23. The van der Waals surface area contributed by atoms with Crippen LogP contribution < -0.4 is 5.32 Å². The molecule has 1 unspecified atom stereocenters. The molecule has 3 aromatic rings. The second-order valence-corrected chi connectivity index (χ2v) is 5.23. The first kappa shape index (κ1) is 13.8. The van der Waals surface area contributed by atoms with Gasteiger partial charge in [0.1, 0.15) is 0 Å². The summed E-state index contributed by atoms with van der Waals surface area (Å²) >= 11 is 0. The fraction of sp³-hybridized carbons (Fsp3) is 0.294. The number of aromatic nitrogens is 2. The van der Waals surface area contributed by atoms with Crippen molar-refractivity contribution in [3.8, 4) is 11.4 Å². The van der Waals surface area contributed by atoms with E-state index in [0.717, 1.165) is 17.4 Å². The van der Waals surface area contributed by atoms with Crippen molar-refractivity contribution < 1.29 is 4.52 Å². The summed E-state index contributed by atoms with van der Waals surface area (Å²) in [4.78, 5) is 4.50. The topological polar surface area (TPSA) is 51.0 Å². The van der Waals surface area contributed by atoms with Crippen LogP contribution in [0.15, 0.2) is 47.0 Å². The van der Waals surface area contributed by atoms with Crippen molar-refractivity contribution in [1.82, 2.24) is 15.5 Å². The highest BCUT2D eigenvalue weighted by atomic mass is 16.5. The maximum absolute atomic E-state index is 5.34. The van der Waals surface area contributed by atoms with Crippen LogP contribution in [0.25, 0.3) is 22.2 Å². The van der Waals surface area contributed by atoms with E-state index in [4.69, 9.17) is 4.52 Å². The third-order valence-corrected chi connectivity index (χ3v) is 3.71. The van der Waals surface area contributed by atoms with Gasteiger partial charge >= 0.3 is 0 Å². The van der Waals surface area contributed by atoms with Crippen LogP contribution in [0.5, 0.6) is 0 Å². The molecule has 0 saturated heterocycles. The average molecular weight is 281 g/mol. The highest BCUT2D eigenvalue weighted by molar-refractivity contribution is 5.94. The minimum absolute atomic E-state index is 0.443. The molecule has 1 atom stereocenters. The van der Waals surface area contributed by atoms with E-state index >= 15 is 0 Å². The third-order valence-electron chi connectivity index (χ3n) is 3.71. The molecule has 0 amide bonds. The van der Waals surface area contributed by atoms with Gasteiger partial charge in [-0.05, 0) is 24.1 Å². The molecule has 0 aliphatic carbocycles. The summed E-state index contributed by atoms with van der Waals surface area (Å²) in [7, 11) is 0. The Labute approximate surface area is 124 Å². The van der Waals surface area contributed by atoms with Crippen molar-refractivity contribution in [2.75, 3.05) is 0 Å². The molecular formula is C17H19N3O. The molecule has 0 saturated carbocycles. The lowest BCUT2D eigenvalue weighted by atomic mass is 10.0. The van der Waals surface area contributed by atoms with Crippen molar-refractivity contribution in [3.63, 3.8) is 0 Å². The van der Waals surface area contributed by atoms with Crippen LogP contribution in [0.4, 0.5) is 0 Å². The van der Waals surface area contributed by atoms with Crippen molar-refractivity contribution in [2.45, 2.75) is 32.9 Å². The van der Waals surface area contributed by atoms with E-state index in [1.165, 1.54) is 5.39 Å². The monoisotopic (exact) mass is 281 g/mol. The number of fused-ring (bicyclic) bond motifs is 1. The normalized spacial score (nSPS) is 12.7. The van der Waals surface area contributed by atoms with E-state index in [-0.39, 0.29) is 0 Å². The van der Waals surface area contributed by atoms with Crippen LogP contribution in [0, 0.1) is 0 Å². The first-order chi connectivity index (χ1) is 10.3. The maximum atomic E-state index is 5.34. The Morgan fingerprint density at radius 2 is 1.95 bits per heavy atom. The van der Waals surface area contributed by atoms with Crippen molar-refractivity contribution in [1.29, 1.82) is 0 Å². The molecular weight excluding hydrogens is 262 g/mol. The lowest BCUT2D eigenvalue weighted by Crippen LogP contribution is -2.24. The first-order valence-corrected chi connectivity index (χ1v) is 7.32. The maximum Gasteiger partial charge on any atom is 0.240 e. The number of hydrogen-bond acceptors (Lipinski definition) is 4. The van der Waals surface area contributed by atoms with Crippen molar-refractivity contribution in [2.24, 2.45) is 0 Å². The Morgan fingerprint density at radius 3 is 2.81 bits per heavy atom. The fourth-order valence-corrected chi connectivity index (χ4v) is 2.26. The van der Waals surface area contributed by atoms with Crippen LogP contribution in [-0.4, -0.2) is 16.2 Å². The quantitative estimate of drug-likeness (QED) is 0.773. The number of nitrogens with one attached hydrogen (secondary N) is 1. The second kappa shape index (κ2) is 6.06. The molecule has 4 nitrogen and oxygen atoms in total. The minimum atomic E-state index is 0.443. The number of hydrogen-bond donors (Lipinski definition) is 1. The van der Waals surface area contributed by atoms with E-state index in [9.17, 15) is 0 Å². The van der Waals surface area contributed by atoms with Gasteiger partial charge < -0.3 is 9.84 Å². The van der Waals surface area contributed by atoms with Gasteiger partial charge in [0.15, 0.2) is 0 Å². The largest absolute Gasteiger partial charge is 0.338 e. The Hall–Kier alpha value is -2.20. The smallest absolute Gasteiger partial charge is 0.240 e. The fourth-order valence-electron chi connectivity index (χ4n) is 2.26. The summed E-state index contributed by atoms with van der Waals surface area (Å²) in [6, 6.07) is 14.8. The van der Waals surface area contributed by atoms with Gasteiger partial charge in [-0.15, -0.1) is 0 Å². The third kappa shape index (κ3) is 2.95. The molecule has 21 heavy (non-hydrogen) atoms. The molecule has 0 bridgehead atoms. The number of rotatable bonds is 5. The minimum Gasteiger partial charge on any atom is -0.338 e. The van der Waals surface area contributed by atoms with E-state index in [0.29, 0.717) is 24.3 Å². The number of nitrogens with zero attached hydrogens (tertiary/aromatic N) is 2. The Morgan fingerprint density at radius 1 is 1.14 bits per heavy atom. The van der Waals surface area contributed by atoms with E-state index in [1.807, 2.05) is 24.3 Å². The Kier molecular flexibility index (Phi) is 3.97. The SMILES string of the molecule is CCC(C)NCc1nc(-c2cccc3ccccc23)no1. The zero-order chi connectivity index (χ0) is 14.7. The van der Waals surface area contributed by atoms with Gasteiger partial charge in [0.2, 0.25) is 11.7 Å². The Bertz CT molecular complexity index is 730. The molecule has 0 fully saturated rings. The summed E-state index contributed by atoms with van der Waals surface area (Å²) < 4.78 is 5.34. The predicted molar refractivity (Wildman–Crippen MR) is 83.8 cm³/mol. The zero-order valence-corrected chi connectivity index (χ0v) is 12.3. The summed E-state index contributed by atoms with van der Waals surface area (Å²) in [5.41, 5.74) is 1.01.